The maximum absolute atomic E-state index is 13.5. The van der Waals surface area contributed by atoms with E-state index in [2.05, 4.69) is 61.2 Å². The third-order valence-electron chi connectivity index (χ3n) is 10.7. The molecular weight excluding hydrogens is 881 g/mol. The van der Waals surface area contributed by atoms with Crippen molar-refractivity contribution in [1.82, 2.24) is 0 Å². The van der Waals surface area contributed by atoms with Crippen LogP contribution in [0.4, 0.5) is 0 Å². The molecule has 8 nitrogen and oxygen atoms in total. The minimum absolute atomic E-state index is 0.268. The molecule has 0 fully saturated rings. The average Bonchev–Trinajstić information content (AvgIpc) is 3.60. The Morgan fingerprint density at radius 1 is 0.333 bits per heavy atom. The predicted octanol–water partition coefficient (Wildman–Crippen LogP) is 10.5. The Hall–Kier alpha value is -7.05. The molecular formula is C60H56O8S. The largest absolute Gasteiger partial charge is 0.491 e. The zero-order valence-electron chi connectivity index (χ0n) is 39.3. The van der Waals surface area contributed by atoms with E-state index >= 15 is 0 Å². The highest BCUT2D eigenvalue weighted by Crippen LogP contribution is 2.43. The van der Waals surface area contributed by atoms with Gasteiger partial charge in [0.25, 0.3) is 0 Å². The number of rotatable bonds is 20. The zero-order chi connectivity index (χ0) is 47.9. The van der Waals surface area contributed by atoms with Gasteiger partial charge in [-0.15, -0.1) is 0 Å². The van der Waals surface area contributed by atoms with Crippen LogP contribution in [0.15, 0.2) is 143 Å². The highest BCUT2D eigenvalue weighted by Gasteiger charge is 2.33. The summed E-state index contributed by atoms with van der Waals surface area (Å²) in [6.45, 7) is 10.1. The Balaban J connectivity index is 0.899. The second-order valence-electron chi connectivity index (χ2n) is 16.0. The van der Waals surface area contributed by atoms with Crippen LogP contribution >= 0.6 is 0 Å². The molecule has 0 unspecified atom stereocenters. The topological polar surface area (TPSA) is 89.5 Å². The van der Waals surface area contributed by atoms with E-state index in [9.17, 15) is 8.42 Å². The van der Waals surface area contributed by atoms with Crippen LogP contribution in [0, 0.1) is 47.4 Å². The highest BCUT2D eigenvalue weighted by molar-refractivity contribution is 7.92. The van der Waals surface area contributed by atoms with Crippen LogP contribution in [-0.2, 0) is 28.8 Å². The van der Waals surface area contributed by atoms with Crippen molar-refractivity contribution >= 4 is 9.84 Å². The molecule has 0 N–H and O–H groups in total. The fraction of sp³-hybridized carbons (Fsp3) is 0.267. The molecule has 0 bridgehead atoms. The molecule has 350 valence electrons. The summed E-state index contributed by atoms with van der Waals surface area (Å²) in [6.07, 6.45) is 4.39. The van der Waals surface area contributed by atoms with Crippen molar-refractivity contribution < 1.29 is 36.8 Å². The fourth-order valence-corrected chi connectivity index (χ4v) is 8.57. The van der Waals surface area contributed by atoms with Gasteiger partial charge in [-0.05, 0) is 146 Å². The van der Waals surface area contributed by atoms with Gasteiger partial charge in [0.1, 0.15) is 24.7 Å². The SMILES string of the molecule is CCCCOCCOCCOc1ccc(C#Cc2ccc(C#Cc3ccc4c(c3)-c3cc(C#Cc5ccc(C#Cc6ccc(OCCOCCOCCCC)cc6)cc5)ccc3S4(=O)=O)cc2)cc1. The third kappa shape index (κ3) is 15.5. The second-order valence-corrected chi connectivity index (χ2v) is 17.9. The van der Waals surface area contributed by atoms with Gasteiger partial charge in [-0.3, -0.25) is 0 Å². The van der Waals surface area contributed by atoms with Gasteiger partial charge in [0.15, 0.2) is 0 Å². The molecule has 69 heavy (non-hydrogen) atoms. The number of benzene rings is 6. The van der Waals surface area contributed by atoms with Crippen molar-refractivity contribution in [2.24, 2.45) is 0 Å². The molecule has 0 saturated heterocycles. The van der Waals surface area contributed by atoms with Gasteiger partial charge in [-0.25, -0.2) is 8.42 Å². The maximum atomic E-state index is 13.5. The fourth-order valence-electron chi connectivity index (χ4n) is 6.92. The lowest BCUT2D eigenvalue weighted by Gasteiger charge is -2.07. The first-order valence-corrected chi connectivity index (χ1v) is 24.9. The van der Waals surface area contributed by atoms with E-state index in [-0.39, 0.29) is 9.79 Å². The lowest BCUT2D eigenvalue weighted by Crippen LogP contribution is -2.11. The summed E-state index contributed by atoms with van der Waals surface area (Å²) in [5.41, 5.74) is 7.75. The monoisotopic (exact) mass is 936 g/mol. The lowest BCUT2D eigenvalue weighted by molar-refractivity contribution is 0.0356. The Labute approximate surface area is 408 Å². The molecule has 0 spiro atoms. The summed E-state index contributed by atoms with van der Waals surface area (Å²) in [5, 5.41) is 0. The molecule has 0 amide bonds. The van der Waals surface area contributed by atoms with Gasteiger partial charge in [0.05, 0.1) is 49.4 Å². The first-order valence-electron chi connectivity index (χ1n) is 23.5. The second kappa shape index (κ2) is 26.5. The molecule has 9 heteroatoms. The van der Waals surface area contributed by atoms with E-state index in [1.54, 1.807) is 24.3 Å². The van der Waals surface area contributed by atoms with Crippen molar-refractivity contribution in [2.75, 3.05) is 66.1 Å². The third-order valence-corrected chi connectivity index (χ3v) is 12.6. The summed E-state index contributed by atoms with van der Waals surface area (Å²) in [7, 11) is -3.67. The minimum Gasteiger partial charge on any atom is -0.491 e. The van der Waals surface area contributed by atoms with Crippen molar-refractivity contribution in [3.63, 3.8) is 0 Å². The van der Waals surface area contributed by atoms with Gasteiger partial charge >= 0.3 is 0 Å². The molecule has 0 aromatic heterocycles. The first-order chi connectivity index (χ1) is 33.9. The van der Waals surface area contributed by atoms with Crippen LogP contribution in [0.25, 0.3) is 11.1 Å². The van der Waals surface area contributed by atoms with E-state index in [0.717, 1.165) is 83.8 Å². The Bertz CT molecular complexity index is 2780. The lowest BCUT2D eigenvalue weighted by atomic mass is 10.0. The quantitative estimate of drug-likeness (QED) is 0.0552. The highest BCUT2D eigenvalue weighted by atomic mass is 32.2. The zero-order valence-corrected chi connectivity index (χ0v) is 40.1. The molecule has 1 aliphatic heterocycles. The van der Waals surface area contributed by atoms with E-state index in [1.807, 2.05) is 109 Å². The van der Waals surface area contributed by atoms with Gasteiger partial charge in [0, 0.05) is 68.8 Å². The summed E-state index contributed by atoms with van der Waals surface area (Å²) in [4.78, 5) is 0.535. The normalized spacial score (nSPS) is 11.6. The van der Waals surface area contributed by atoms with Crippen LogP contribution in [0.2, 0.25) is 0 Å². The number of hydrogen-bond acceptors (Lipinski definition) is 8. The number of fused-ring (bicyclic) bond motifs is 3. The van der Waals surface area contributed by atoms with E-state index in [1.165, 1.54) is 0 Å². The van der Waals surface area contributed by atoms with Crippen molar-refractivity contribution in [3.05, 3.63) is 178 Å². The van der Waals surface area contributed by atoms with Crippen LogP contribution < -0.4 is 9.47 Å². The summed E-state index contributed by atoms with van der Waals surface area (Å²) in [6, 6.07) is 41.2. The van der Waals surface area contributed by atoms with Crippen molar-refractivity contribution in [3.8, 4) is 70.0 Å². The van der Waals surface area contributed by atoms with Crippen LogP contribution in [0.5, 0.6) is 11.5 Å². The van der Waals surface area contributed by atoms with Crippen LogP contribution in [-0.4, -0.2) is 74.5 Å². The van der Waals surface area contributed by atoms with Crippen LogP contribution in [0.1, 0.15) is 84.0 Å². The Morgan fingerprint density at radius 2 is 0.594 bits per heavy atom. The minimum atomic E-state index is -3.67. The Kier molecular flexibility index (Phi) is 19.1. The number of ether oxygens (including phenoxy) is 6. The van der Waals surface area contributed by atoms with E-state index in [0.29, 0.717) is 75.1 Å². The van der Waals surface area contributed by atoms with Gasteiger partial charge < -0.3 is 28.4 Å². The molecule has 0 radical (unpaired) electrons. The number of sulfone groups is 1. The Morgan fingerprint density at radius 3 is 0.913 bits per heavy atom. The average molecular weight is 937 g/mol. The van der Waals surface area contributed by atoms with Crippen LogP contribution in [0.3, 0.4) is 0 Å². The predicted molar refractivity (Wildman–Crippen MR) is 271 cm³/mol. The molecule has 1 heterocycles. The number of hydrogen-bond donors (Lipinski definition) is 0. The number of unbranched alkanes of at least 4 members (excludes halogenated alkanes) is 2. The van der Waals surface area contributed by atoms with Crippen molar-refractivity contribution in [1.29, 1.82) is 0 Å². The first kappa shape index (κ1) is 49.8. The standard InChI is InChI=1S/C60H56O8S/c1-3-5-35-63-37-39-65-41-43-67-55-29-23-51(24-30-55)17-15-47-7-11-49(12-8-47)19-21-53-27-33-59-57(45-53)58-46-54(28-34-60(58)69(59,61)62)22-20-50-13-9-48(10-14-50)16-18-52-25-31-56(32-26-52)68-44-42-66-40-38-64-36-6-4-2/h7-14,23-34,45-46H,3-6,35-44H2,1-2H3. The molecule has 1 aliphatic rings. The molecule has 7 rings (SSSR count). The molecule has 6 aromatic carbocycles. The smallest absolute Gasteiger partial charge is 0.207 e. The summed E-state index contributed by atoms with van der Waals surface area (Å²) >= 11 is 0. The van der Waals surface area contributed by atoms with Gasteiger partial charge in [-0.2, -0.15) is 0 Å². The maximum Gasteiger partial charge on any atom is 0.207 e. The van der Waals surface area contributed by atoms with E-state index in [4.69, 9.17) is 28.4 Å². The molecule has 6 aromatic rings. The van der Waals surface area contributed by atoms with Crippen molar-refractivity contribution in [2.45, 2.75) is 49.3 Å². The summed E-state index contributed by atoms with van der Waals surface area (Å²) < 4.78 is 60.7. The van der Waals surface area contributed by atoms with Gasteiger partial charge in [0.2, 0.25) is 9.84 Å². The molecule has 0 aliphatic carbocycles. The summed E-state index contributed by atoms with van der Waals surface area (Å²) in [5.74, 6) is 27.2. The van der Waals surface area contributed by atoms with E-state index < -0.39 is 9.84 Å². The molecule has 0 saturated carbocycles. The van der Waals surface area contributed by atoms with Gasteiger partial charge in [-0.1, -0.05) is 74.1 Å². The molecule has 0 atom stereocenters.